The number of methoxy groups -OCH3 is 1. The maximum Gasteiger partial charge on any atom is 0.337 e. The molecule has 7 nitrogen and oxygen atoms in total. The Balaban J connectivity index is 1.60. The number of amides is 1. The van der Waals surface area contributed by atoms with Crippen molar-refractivity contribution >= 4 is 34.5 Å². The molecular weight excluding hydrogens is 464 g/mol. The fourth-order valence-electron chi connectivity index (χ4n) is 4.44. The van der Waals surface area contributed by atoms with Crippen LogP contribution in [0.15, 0.2) is 72.8 Å². The van der Waals surface area contributed by atoms with Gasteiger partial charge < -0.3 is 25.2 Å². The van der Waals surface area contributed by atoms with E-state index in [-0.39, 0.29) is 5.91 Å². The van der Waals surface area contributed by atoms with Gasteiger partial charge in [0.25, 0.3) is 5.91 Å². The highest BCUT2D eigenvalue weighted by Crippen LogP contribution is 2.38. The first kappa shape index (κ1) is 26.1. The van der Waals surface area contributed by atoms with E-state index in [9.17, 15) is 9.59 Å². The quantitative estimate of drug-likeness (QED) is 0.309. The number of carbonyl (C=O) groups excluding carboxylic acids is 2. The summed E-state index contributed by atoms with van der Waals surface area (Å²) in [7, 11) is 7.67. The van der Waals surface area contributed by atoms with Gasteiger partial charge in [0.05, 0.1) is 29.6 Å². The number of hydrogen-bond acceptors (Lipinski definition) is 6. The Bertz CT molecular complexity index is 1280. The van der Waals surface area contributed by atoms with Crippen molar-refractivity contribution in [2.45, 2.75) is 13.0 Å². The summed E-state index contributed by atoms with van der Waals surface area (Å²) in [6.07, 6.45) is 1.13. The molecule has 0 aliphatic carbocycles. The highest BCUT2D eigenvalue weighted by Gasteiger charge is 2.29. The summed E-state index contributed by atoms with van der Waals surface area (Å²) in [5, 5.41) is 6.40. The van der Waals surface area contributed by atoms with Crippen LogP contribution in [0.2, 0.25) is 0 Å². The van der Waals surface area contributed by atoms with Crippen molar-refractivity contribution in [2.24, 2.45) is 0 Å². The summed E-state index contributed by atoms with van der Waals surface area (Å²) in [6, 6.07) is 23.2. The molecule has 0 atom stereocenters. The predicted octanol–water partition coefficient (Wildman–Crippen LogP) is 4.79. The van der Waals surface area contributed by atoms with Gasteiger partial charge in [-0.2, -0.15) is 0 Å². The zero-order valence-corrected chi connectivity index (χ0v) is 21.9. The SMILES string of the molecule is COC(=O)c1ccc2c(c1)NC(=O)C2=C(Nc1ccc(CN(C)CCCN(C)C)cc1)c1ccccc1. The molecule has 0 saturated carbocycles. The second-order valence-electron chi connectivity index (χ2n) is 9.54. The lowest BCUT2D eigenvalue weighted by atomic mass is 9.99. The molecule has 4 rings (SSSR count). The normalized spacial score (nSPS) is 13.9. The lowest BCUT2D eigenvalue weighted by Gasteiger charge is -2.19. The first-order valence-electron chi connectivity index (χ1n) is 12.4. The van der Waals surface area contributed by atoms with E-state index in [0.717, 1.165) is 42.9 Å². The van der Waals surface area contributed by atoms with Crippen molar-refractivity contribution < 1.29 is 14.3 Å². The molecule has 0 spiro atoms. The number of rotatable bonds is 10. The van der Waals surface area contributed by atoms with E-state index in [0.29, 0.717) is 22.5 Å². The number of fused-ring (bicyclic) bond motifs is 1. The largest absolute Gasteiger partial charge is 0.465 e. The van der Waals surface area contributed by atoms with E-state index in [2.05, 4.69) is 53.7 Å². The minimum absolute atomic E-state index is 0.223. The van der Waals surface area contributed by atoms with Gasteiger partial charge in [0.2, 0.25) is 0 Å². The van der Waals surface area contributed by atoms with E-state index in [4.69, 9.17) is 4.74 Å². The fraction of sp³-hybridized carbons (Fsp3) is 0.267. The van der Waals surface area contributed by atoms with Crippen molar-refractivity contribution in [2.75, 3.05) is 52.0 Å². The van der Waals surface area contributed by atoms with Gasteiger partial charge in [0.15, 0.2) is 0 Å². The van der Waals surface area contributed by atoms with Crippen LogP contribution in [-0.4, -0.2) is 63.0 Å². The maximum atomic E-state index is 13.2. The van der Waals surface area contributed by atoms with E-state index < -0.39 is 5.97 Å². The number of ether oxygens (including phenoxy) is 1. The molecule has 0 saturated heterocycles. The number of nitrogens with zero attached hydrogens (tertiary/aromatic N) is 2. The molecular formula is C30H34N4O3. The molecule has 3 aromatic carbocycles. The van der Waals surface area contributed by atoms with Crippen LogP contribution in [0.3, 0.4) is 0 Å². The van der Waals surface area contributed by atoms with Gasteiger partial charge in [-0.1, -0.05) is 48.5 Å². The number of anilines is 2. The smallest absolute Gasteiger partial charge is 0.337 e. The zero-order chi connectivity index (χ0) is 26.4. The summed E-state index contributed by atoms with van der Waals surface area (Å²) >= 11 is 0. The standard InChI is InChI=1S/C30H34N4O3/c1-33(2)17-8-18-34(3)20-21-11-14-24(15-12-21)31-28(22-9-6-5-7-10-22)27-25-16-13-23(30(36)37-4)19-26(25)32-29(27)35/h5-7,9-16,19,31H,8,17-18,20H2,1-4H3,(H,32,35). The van der Waals surface area contributed by atoms with Gasteiger partial charge in [0.1, 0.15) is 0 Å². The van der Waals surface area contributed by atoms with Crippen LogP contribution >= 0.6 is 0 Å². The Morgan fingerprint density at radius 3 is 2.32 bits per heavy atom. The molecule has 37 heavy (non-hydrogen) atoms. The number of carbonyl (C=O) groups is 2. The number of hydrogen-bond donors (Lipinski definition) is 2. The van der Waals surface area contributed by atoms with Crippen LogP contribution < -0.4 is 10.6 Å². The molecule has 2 N–H and O–H groups in total. The van der Waals surface area contributed by atoms with E-state index in [1.54, 1.807) is 18.2 Å². The summed E-state index contributed by atoms with van der Waals surface area (Å²) in [5.41, 5.74) is 5.95. The average molecular weight is 499 g/mol. The second-order valence-corrected chi connectivity index (χ2v) is 9.54. The molecule has 1 aliphatic rings. The third kappa shape index (κ3) is 6.44. The molecule has 1 aliphatic heterocycles. The van der Waals surface area contributed by atoms with Crippen molar-refractivity contribution in [3.05, 3.63) is 95.1 Å². The molecule has 0 bridgehead atoms. The summed E-state index contributed by atoms with van der Waals surface area (Å²) in [4.78, 5) is 29.7. The Morgan fingerprint density at radius 1 is 0.919 bits per heavy atom. The van der Waals surface area contributed by atoms with Crippen LogP contribution in [0.25, 0.3) is 11.3 Å². The minimum atomic E-state index is -0.445. The van der Waals surface area contributed by atoms with Crippen LogP contribution in [0.1, 0.15) is 33.5 Å². The van der Waals surface area contributed by atoms with Crippen molar-refractivity contribution in [3.8, 4) is 0 Å². The Labute approximate surface area is 218 Å². The zero-order valence-electron chi connectivity index (χ0n) is 21.9. The van der Waals surface area contributed by atoms with Crippen LogP contribution in [0.5, 0.6) is 0 Å². The number of benzene rings is 3. The predicted molar refractivity (Wildman–Crippen MR) is 149 cm³/mol. The molecule has 0 unspecified atom stereocenters. The Hall–Kier alpha value is -3.94. The van der Waals surface area contributed by atoms with Gasteiger partial charge in [-0.15, -0.1) is 0 Å². The van der Waals surface area contributed by atoms with Gasteiger partial charge in [0, 0.05) is 17.8 Å². The Kier molecular flexibility index (Phi) is 8.38. The summed E-state index contributed by atoms with van der Waals surface area (Å²) in [5.74, 6) is -0.668. The molecule has 0 aromatic heterocycles. The first-order valence-corrected chi connectivity index (χ1v) is 12.4. The summed E-state index contributed by atoms with van der Waals surface area (Å²) < 4.78 is 4.83. The number of esters is 1. The third-order valence-corrected chi connectivity index (χ3v) is 6.32. The van der Waals surface area contributed by atoms with Gasteiger partial charge in [-0.05, 0) is 76.0 Å². The highest BCUT2D eigenvalue weighted by molar-refractivity contribution is 6.37. The van der Waals surface area contributed by atoms with Gasteiger partial charge >= 0.3 is 5.97 Å². The van der Waals surface area contributed by atoms with Crippen molar-refractivity contribution in [1.82, 2.24) is 9.80 Å². The van der Waals surface area contributed by atoms with E-state index >= 15 is 0 Å². The van der Waals surface area contributed by atoms with Crippen LogP contribution in [0.4, 0.5) is 11.4 Å². The molecule has 1 heterocycles. The molecule has 3 aromatic rings. The molecule has 192 valence electrons. The van der Waals surface area contributed by atoms with E-state index in [1.165, 1.54) is 12.7 Å². The van der Waals surface area contributed by atoms with Gasteiger partial charge in [-0.3, -0.25) is 4.79 Å². The Morgan fingerprint density at radius 2 is 1.65 bits per heavy atom. The topological polar surface area (TPSA) is 73.9 Å². The summed E-state index contributed by atoms with van der Waals surface area (Å²) in [6.45, 7) is 2.98. The minimum Gasteiger partial charge on any atom is -0.465 e. The molecule has 0 radical (unpaired) electrons. The van der Waals surface area contributed by atoms with Crippen molar-refractivity contribution in [3.63, 3.8) is 0 Å². The van der Waals surface area contributed by atoms with Crippen LogP contribution in [-0.2, 0) is 16.1 Å². The maximum absolute atomic E-state index is 13.2. The van der Waals surface area contributed by atoms with E-state index in [1.807, 2.05) is 42.5 Å². The molecule has 7 heteroatoms. The van der Waals surface area contributed by atoms with Gasteiger partial charge in [-0.25, -0.2) is 4.79 Å². The number of nitrogens with one attached hydrogen (secondary N) is 2. The average Bonchev–Trinajstić information content (AvgIpc) is 3.22. The van der Waals surface area contributed by atoms with Crippen LogP contribution in [0, 0.1) is 0 Å². The lowest BCUT2D eigenvalue weighted by Crippen LogP contribution is -2.23. The third-order valence-electron chi connectivity index (χ3n) is 6.32. The highest BCUT2D eigenvalue weighted by atomic mass is 16.5. The molecule has 0 fully saturated rings. The first-order chi connectivity index (χ1) is 17.9. The molecule has 1 amide bonds. The monoisotopic (exact) mass is 498 g/mol. The fourth-order valence-corrected chi connectivity index (χ4v) is 4.44. The lowest BCUT2D eigenvalue weighted by molar-refractivity contribution is -0.110. The second kappa shape index (κ2) is 11.9. The van der Waals surface area contributed by atoms with Crippen molar-refractivity contribution in [1.29, 1.82) is 0 Å².